The molecule has 0 spiro atoms. The molecule has 21 heteroatoms. The Hall–Kier alpha value is -1.38. The molecule has 6 atom stereocenters. The highest BCUT2D eigenvalue weighted by molar-refractivity contribution is 7.66. The summed E-state index contributed by atoms with van der Waals surface area (Å²) in [7, 11) is -16.7. The van der Waals surface area contributed by atoms with Gasteiger partial charge in [-0.3, -0.25) is 19.5 Å². The molecule has 0 aromatic heterocycles. The molecule has 18 nitrogen and oxygen atoms in total. The zero-order valence-corrected chi connectivity index (χ0v) is 18.2. The lowest BCUT2D eigenvalue weighted by Crippen LogP contribution is -2.57. The Balaban J connectivity index is 2.04. The molecule has 2 saturated heterocycles. The number of urea groups is 1. The number of carbonyl (C=O) groups is 2. The maximum absolute atomic E-state index is 12.0. The normalized spacial score (nSPS) is 30.8. The number of nitrogens with zero attached hydrogens (tertiary/aromatic N) is 4. The minimum atomic E-state index is -5.70. The average molecular weight is 509 g/mol. The van der Waals surface area contributed by atoms with Gasteiger partial charge >= 0.3 is 29.5 Å². The fourth-order valence-electron chi connectivity index (χ4n) is 2.73. The van der Waals surface area contributed by atoms with Crippen molar-refractivity contribution in [3.05, 3.63) is 10.4 Å². The van der Waals surface area contributed by atoms with Crippen LogP contribution in [0.2, 0.25) is 0 Å². The van der Waals surface area contributed by atoms with E-state index in [9.17, 15) is 28.2 Å². The molecule has 0 saturated carbocycles. The van der Waals surface area contributed by atoms with E-state index in [0.29, 0.717) is 0 Å². The molecule has 31 heavy (non-hydrogen) atoms. The lowest BCUT2D eigenvalue weighted by atomic mass is 10.1. The third kappa shape index (κ3) is 7.61. The number of rotatable bonds is 9. The molecule has 0 aromatic carbocycles. The van der Waals surface area contributed by atoms with Crippen molar-refractivity contribution in [2.75, 3.05) is 13.2 Å². The van der Waals surface area contributed by atoms with Crippen LogP contribution in [0.15, 0.2) is 5.11 Å². The monoisotopic (exact) mass is 509 g/mol. The standard InChI is InChI=1S/C10H18N5O13P3/c1-5-3-15(10(17)12-9(5)16)8-2-6(13-14-11)7(26-8)4-25-30(21,22)28-31(23,24)27-29(18,19)20/h5-8H,2-4H2,1H3,(H,21,22)(H,23,24)(H,12,16,17)(H2,18,19,20)/t5?,6-,7+,8+/m0/s1. The first-order valence-corrected chi connectivity index (χ1v) is 12.7. The van der Waals surface area contributed by atoms with Crippen LogP contribution >= 0.6 is 23.5 Å². The molecule has 0 radical (unpaired) electrons. The Labute approximate surface area is 173 Å². The Bertz CT molecular complexity index is 918. The second kappa shape index (κ2) is 9.63. The van der Waals surface area contributed by atoms with Crippen molar-refractivity contribution in [1.82, 2.24) is 10.2 Å². The Morgan fingerprint density at radius 3 is 2.45 bits per heavy atom. The van der Waals surface area contributed by atoms with E-state index in [1.165, 1.54) is 0 Å². The first kappa shape index (κ1) is 25.9. The van der Waals surface area contributed by atoms with Crippen LogP contribution in [0, 0.1) is 5.92 Å². The quantitative estimate of drug-likeness (QED) is 0.121. The molecule has 0 aromatic rings. The number of carbonyl (C=O) groups excluding carboxylic acids is 2. The predicted molar refractivity (Wildman–Crippen MR) is 95.4 cm³/mol. The van der Waals surface area contributed by atoms with Gasteiger partial charge < -0.3 is 24.3 Å². The second-order valence-corrected chi connectivity index (χ2v) is 10.8. The number of nitrogens with one attached hydrogen (secondary N) is 1. The lowest BCUT2D eigenvalue weighted by Gasteiger charge is -2.34. The maximum Gasteiger partial charge on any atom is 0.490 e. The SMILES string of the molecule is CC1CN([C@H]2C[C@H](N=[N+]=[N-])[C@@H](COP(=O)(O)OP(=O)(O)OP(=O)(O)O)O2)C(=O)NC1=O. The zero-order chi connectivity index (χ0) is 23.6. The molecule has 2 heterocycles. The highest BCUT2D eigenvalue weighted by Gasteiger charge is 2.45. The molecular weight excluding hydrogens is 491 g/mol. The van der Waals surface area contributed by atoms with Crippen LogP contribution in [-0.2, 0) is 36.4 Å². The van der Waals surface area contributed by atoms with Crippen molar-refractivity contribution >= 4 is 35.4 Å². The van der Waals surface area contributed by atoms with Crippen LogP contribution in [-0.4, -0.2) is 67.9 Å². The van der Waals surface area contributed by atoms with E-state index in [0.717, 1.165) is 4.90 Å². The summed E-state index contributed by atoms with van der Waals surface area (Å²) in [6.07, 6.45) is -2.30. The summed E-state index contributed by atoms with van der Waals surface area (Å²) in [5.74, 6) is -1.05. The Kier molecular flexibility index (Phi) is 8.04. The first-order chi connectivity index (χ1) is 14.1. The highest BCUT2D eigenvalue weighted by Crippen LogP contribution is 2.66. The van der Waals surface area contributed by atoms with Crippen molar-refractivity contribution in [1.29, 1.82) is 0 Å². The van der Waals surface area contributed by atoms with Gasteiger partial charge in [-0.2, -0.15) is 8.62 Å². The van der Waals surface area contributed by atoms with Gasteiger partial charge in [0, 0.05) is 17.9 Å². The minimum Gasteiger partial charge on any atom is -0.352 e. The molecule has 2 aliphatic rings. The van der Waals surface area contributed by atoms with Crippen LogP contribution in [0.5, 0.6) is 0 Å². The van der Waals surface area contributed by atoms with Crippen molar-refractivity contribution < 1.29 is 60.7 Å². The van der Waals surface area contributed by atoms with Crippen molar-refractivity contribution in [3.8, 4) is 0 Å². The molecule has 2 fully saturated rings. The number of amides is 3. The molecule has 0 aliphatic carbocycles. The summed E-state index contributed by atoms with van der Waals surface area (Å²) in [4.78, 5) is 63.0. The number of phosphoric acid groups is 3. The number of ether oxygens (including phenoxy) is 1. The summed E-state index contributed by atoms with van der Waals surface area (Å²) >= 11 is 0. The van der Waals surface area contributed by atoms with Crippen LogP contribution < -0.4 is 5.32 Å². The van der Waals surface area contributed by atoms with Gasteiger partial charge in [0.25, 0.3) is 0 Å². The molecular formula is C10H18N5O13P3. The number of imide groups is 1. The minimum absolute atomic E-state index is 0.0130. The molecule has 2 aliphatic heterocycles. The summed E-state index contributed by atoms with van der Waals surface area (Å²) in [5, 5.41) is 5.55. The van der Waals surface area contributed by atoms with Gasteiger partial charge in [0.05, 0.1) is 24.7 Å². The van der Waals surface area contributed by atoms with E-state index in [-0.39, 0.29) is 13.0 Å². The van der Waals surface area contributed by atoms with Crippen LogP contribution in [0.3, 0.4) is 0 Å². The fraction of sp³-hybridized carbons (Fsp3) is 0.800. The molecule has 3 amide bonds. The van der Waals surface area contributed by atoms with Crippen molar-refractivity contribution in [3.63, 3.8) is 0 Å². The van der Waals surface area contributed by atoms with Crippen molar-refractivity contribution in [2.45, 2.75) is 31.7 Å². The second-order valence-electron chi connectivity index (χ2n) is 6.37. The summed E-state index contributed by atoms with van der Waals surface area (Å²) < 4.78 is 51.0. The first-order valence-electron chi connectivity index (χ1n) is 8.22. The van der Waals surface area contributed by atoms with Gasteiger partial charge in [0.1, 0.15) is 6.23 Å². The third-order valence-electron chi connectivity index (χ3n) is 3.98. The van der Waals surface area contributed by atoms with E-state index in [2.05, 4.69) is 28.5 Å². The molecule has 0 bridgehead atoms. The van der Waals surface area contributed by atoms with E-state index < -0.39 is 66.3 Å². The van der Waals surface area contributed by atoms with Crippen LogP contribution in [0.1, 0.15) is 13.3 Å². The van der Waals surface area contributed by atoms with E-state index in [1.807, 2.05) is 0 Å². The predicted octanol–water partition coefficient (Wildman–Crippen LogP) is 0.311. The zero-order valence-electron chi connectivity index (χ0n) is 15.5. The molecule has 3 unspecified atom stereocenters. The van der Waals surface area contributed by atoms with Gasteiger partial charge in [-0.1, -0.05) is 12.0 Å². The van der Waals surface area contributed by atoms with Crippen molar-refractivity contribution in [2.24, 2.45) is 11.0 Å². The third-order valence-corrected chi connectivity index (χ3v) is 7.78. The molecule has 5 N–H and O–H groups in total. The number of hydrogen-bond donors (Lipinski definition) is 5. The van der Waals surface area contributed by atoms with Crippen LogP contribution in [0.4, 0.5) is 4.79 Å². The van der Waals surface area contributed by atoms with Gasteiger partial charge in [-0.15, -0.1) is 0 Å². The number of hydrogen-bond acceptors (Lipinski definition) is 10. The molecule has 2 rings (SSSR count). The largest absolute Gasteiger partial charge is 0.490 e. The Morgan fingerprint density at radius 2 is 1.87 bits per heavy atom. The summed E-state index contributed by atoms with van der Waals surface area (Å²) in [6, 6.07) is -1.77. The van der Waals surface area contributed by atoms with Gasteiger partial charge in [0.15, 0.2) is 0 Å². The maximum atomic E-state index is 12.0. The van der Waals surface area contributed by atoms with Gasteiger partial charge in [-0.25, -0.2) is 18.5 Å². The number of azide groups is 1. The smallest absolute Gasteiger partial charge is 0.352 e. The van der Waals surface area contributed by atoms with Crippen LogP contribution in [0.25, 0.3) is 10.4 Å². The fourth-order valence-corrected chi connectivity index (χ4v) is 5.76. The van der Waals surface area contributed by atoms with E-state index >= 15 is 0 Å². The van der Waals surface area contributed by atoms with E-state index in [1.54, 1.807) is 6.92 Å². The summed E-state index contributed by atoms with van der Waals surface area (Å²) in [5.41, 5.74) is 8.69. The topological polar surface area (TPSA) is 267 Å². The lowest BCUT2D eigenvalue weighted by molar-refractivity contribution is -0.128. The van der Waals surface area contributed by atoms with Gasteiger partial charge in [-0.05, 0) is 5.53 Å². The van der Waals surface area contributed by atoms with E-state index in [4.69, 9.17) is 24.9 Å². The van der Waals surface area contributed by atoms with Gasteiger partial charge in [0.2, 0.25) is 5.91 Å². The number of phosphoric ester groups is 1. The Morgan fingerprint density at radius 1 is 1.23 bits per heavy atom. The molecule has 176 valence electrons. The highest BCUT2D eigenvalue weighted by atomic mass is 31.3. The average Bonchev–Trinajstić information content (AvgIpc) is 2.96. The summed E-state index contributed by atoms with van der Waals surface area (Å²) in [6.45, 7) is 0.691.